The third-order valence-electron chi connectivity index (χ3n) is 4.25. The number of hydrogen-bond acceptors (Lipinski definition) is 5. The van der Waals surface area contributed by atoms with Gasteiger partial charge in [0.1, 0.15) is 6.61 Å². The highest BCUT2D eigenvalue weighted by Gasteiger charge is 2.28. The van der Waals surface area contributed by atoms with Gasteiger partial charge in [0.05, 0.1) is 29.9 Å². The summed E-state index contributed by atoms with van der Waals surface area (Å²) in [6.07, 6.45) is -0.579. The minimum atomic E-state index is -0.579. The number of amides is 2. The van der Waals surface area contributed by atoms with Gasteiger partial charge in [-0.05, 0) is 23.8 Å². The molecule has 0 spiro atoms. The number of carbonyl (C=O) groups is 2. The first-order valence-corrected chi connectivity index (χ1v) is 9.78. The van der Waals surface area contributed by atoms with Gasteiger partial charge in [0.25, 0.3) is 0 Å². The van der Waals surface area contributed by atoms with E-state index in [2.05, 4.69) is 4.98 Å². The third-order valence-corrected chi connectivity index (χ3v) is 5.44. The Morgan fingerprint density at radius 1 is 1.22 bits per heavy atom. The number of fused-ring (bicyclic) bond motifs is 1. The Labute approximate surface area is 165 Å². The van der Waals surface area contributed by atoms with Gasteiger partial charge in [0.2, 0.25) is 5.91 Å². The number of hydrogen-bond donors (Lipinski definition) is 0. The smallest absolute Gasteiger partial charge is 0.416 e. The molecule has 4 rings (SSSR count). The fraction of sp³-hybridized carbons (Fsp3) is 0.211. The largest absolute Gasteiger partial charge is 0.447 e. The average molecular weight is 402 g/mol. The van der Waals surface area contributed by atoms with Crippen molar-refractivity contribution in [1.82, 2.24) is 14.5 Å². The average Bonchev–Trinajstić information content (AvgIpc) is 3.24. The van der Waals surface area contributed by atoms with Crippen LogP contribution in [0.5, 0.6) is 0 Å². The maximum Gasteiger partial charge on any atom is 0.416 e. The van der Waals surface area contributed by atoms with Crippen molar-refractivity contribution in [2.45, 2.75) is 11.7 Å². The minimum absolute atomic E-state index is 0.112. The van der Waals surface area contributed by atoms with Crippen LogP contribution >= 0.6 is 23.4 Å². The van der Waals surface area contributed by atoms with Crippen molar-refractivity contribution < 1.29 is 14.3 Å². The molecule has 3 aromatic rings. The summed E-state index contributed by atoms with van der Waals surface area (Å²) in [5.74, 6) is -0.167. The Morgan fingerprint density at radius 2 is 2.04 bits per heavy atom. The summed E-state index contributed by atoms with van der Waals surface area (Å²) < 4.78 is 6.86. The second-order valence-electron chi connectivity index (χ2n) is 6.05. The van der Waals surface area contributed by atoms with Crippen molar-refractivity contribution in [3.63, 3.8) is 0 Å². The van der Waals surface area contributed by atoms with Gasteiger partial charge in [-0.25, -0.2) is 14.7 Å². The zero-order chi connectivity index (χ0) is 18.8. The van der Waals surface area contributed by atoms with E-state index in [0.717, 1.165) is 21.5 Å². The molecule has 0 saturated carbocycles. The molecule has 0 unspecified atom stereocenters. The standard InChI is InChI=1S/C19H16ClN3O3S/c20-14-6-7-15-16(10-14)23(11-13-4-2-1-3-5-13)18(21-15)27-12-17(24)22-8-9-26-19(22)25/h1-7,10H,8-9,11-12H2. The molecular formula is C19H16ClN3O3S. The lowest BCUT2D eigenvalue weighted by Gasteiger charge is -2.11. The molecule has 8 heteroatoms. The summed E-state index contributed by atoms with van der Waals surface area (Å²) in [6.45, 7) is 1.16. The van der Waals surface area contributed by atoms with Gasteiger partial charge in [-0.15, -0.1) is 0 Å². The lowest BCUT2D eigenvalue weighted by Crippen LogP contribution is -2.33. The van der Waals surface area contributed by atoms with Crippen LogP contribution in [0.1, 0.15) is 5.56 Å². The fourth-order valence-electron chi connectivity index (χ4n) is 2.93. The molecule has 1 aliphatic rings. The Balaban J connectivity index is 1.62. The number of thioether (sulfide) groups is 1. The van der Waals surface area contributed by atoms with Gasteiger partial charge in [0, 0.05) is 5.02 Å². The minimum Gasteiger partial charge on any atom is -0.447 e. The van der Waals surface area contributed by atoms with Gasteiger partial charge in [-0.2, -0.15) is 0 Å². The number of nitrogens with zero attached hydrogens (tertiary/aromatic N) is 3. The number of ether oxygens (including phenoxy) is 1. The van der Waals surface area contributed by atoms with Crippen LogP contribution < -0.4 is 0 Å². The number of imidazole rings is 1. The molecule has 0 radical (unpaired) electrons. The van der Waals surface area contributed by atoms with Crippen LogP contribution in [0, 0.1) is 0 Å². The number of imide groups is 1. The Bertz CT molecular complexity index is 1010. The normalized spacial score (nSPS) is 14.0. The molecular weight excluding hydrogens is 386 g/mol. The van der Waals surface area contributed by atoms with E-state index in [4.69, 9.17) is 16.3 Å². The highest BCUT2D eigenvalue weighted by atomic mass is 35.5. The highest BCUT2D eigenvalue weighted by molar-refractivity contribution is 7.99. The van der Waals surface area contributed by atoms with E-state index in [9.17, 15) is 9.59 Å². The molecule has 0 N–H and O–H groups in total. The zero-order valence-corrected chi connectivity index (χ0v) is 15.9. The molecule has 2 amide bonds. The number of rotatable bonds is 5. The number of halogens is 1. The first-order chi connectivity index (χ1) is 13.1. The number of aromatic nitrogens is 2. The third kappa shape index (κ3) is 3.79. The van der Waals surface area contributed by atoms with Crippen LogP contribution in [0.15, 0.2) is 53.7 Å². The van der Waals surface area contributed by atoms with Crippen LogP contribution in [-0.2, 0) is 16.1 Å². The van der Waals surface area contributed by atoms with Gasteiger partial charge in [-0.3, -0.25) is 4.79 Å². The van der Waals surface area contributed by atoms with Gasteiger partial charge >= 0.3 is 6.09 Å². The van der Waals surface area contributed by atoms with Gasteiger partial charge in [0.15, 0.2) is 5.16 Å². The van der Waals surface area contributed by atoms with Gasteiger partial charge in [-0.1, -0.05) is 53.7 Å². The molecule has 1 saturated heterocycles. The van der Waals surface area contributed by atoms with Crippen molar-refractivity contribution in [1.29, 1.82) is 0 Å². The maximum atomic E-state index is 12.3. The molecule has 27 heavy (non-hydrogen) atoms. The van der Waals surface area contributed by atoms with Crippen molar-refractivity contribution in [3.8, 4) is 0 Å². The molecule has 1 fully saturated rings. The number of carbonyl (C=O) groups excluding carboxylic acids is 2. The molecule has 0 aliphatic carbocycles. The first-order valence-electron chi connectivity index (χ1n) is 8.41. The Hall–Kier alpha value is -2.51. The Kier molecular flexibility index (Phi) is 5.05. The second-order valence-corrected chi connectivity index (χ2v) is 7.43. The molecule has 1 aromatic heterocycles. The number of cyclic esters (lactones) is 1. The van der Waals surface area contributed by atoms with Crippen molar-refractivity contribution in [3.05, 3.63) is 59.1 Å². The van der Waals surface area contributed by atoms with Crippen LogP contribution in [0.2, 0.25) is 5.02 Å². The van der Waals surface area contributed by atoms with Crippen molar-refractivity contribution >= 4 is 46.4 Å². The monoisotopic (exact) mass is 401 g/mol. The lowest BCUT2D eigenvalue weighted by molar-refractivity contribution is -0.125. The van der Waals surface area contributed by atoms with E-state index in [0.29, 0.717) is 23.3 Å². The van der Waals surface area contributed by atoms with E-state index >= 15 is 0 Å². The number of benzene rings is 2. The lowest BCUT2D eigenvalue weighted by atomic mass is 10.2. The maximum absolute atomic E-state index is 12.3. The topological polar surface area (TPSA) is 64.4 Å². The van der Waals surface area contributed by atoms with E-state index in [1.165, 1.54) is 11.8 Å². The summed E-state index contributed by atoms with van der Waals surface area (Å²) in [4.78, 5) is 29.6. The summed E-state index contributed by atoms with van der Waals surface area (Å²) in [7, 11) is 0. The van der Waals surface area contributed by atoms with Crippen LogP contribution in [-0.4, -0.2) is 45.4 Å². The SMILES string of the molecule is O=C(CSc1nc2ccc(Cl)cc2n1Cc1ccccc1)N1CCOC1=O. The predicted octanol–water partition coefficient (Wildman–Crippen LogP) is 3.81. The van der Waals surface area contributed by atoms with E-state index < -0.39 is 6.09 Å². The Morgan fingerprint density at radius 3 is 2.78 bits per heavy atom. The van der Waals surface area contributed by atoms with Crippen molar-refractivity contribution in [2.24, 2.45) is 0 Å². The fourth-order valence-corrected chi connectivity index (χ4v) is 3.98. The molecule has 0 bridgehead atoms. The van der Waals surface area contributed by atoms with Crippen LogP contribution in [0.4, 0.5) is 4.79 Å². The van der Waals surface area contributed by atoms with E-state index in [1.807, 2.05) is 47.0 Å². The van der Waals surface area contributed by atoms with E-state index in [-0.39, 0.29) is 18.3 Å². The van der Waals surface area contributed by atoms with E-state index in [1.54, 1.807) is 6.07 Å². The molecule has 6 nitrogen and oxygen atoms in total. The predicted molar refractivity (Wildman–Crippen MR) is 104 cm³/mol. The summed E-state index contributed by atoms with van der Waals surface area (Å²) in [6, 6.07) is 15.5. The molecule has 2 heterocycles. The van der Waals surface area contributed by atoms with Crippen molar-refractivity contribution in [2.75, 3.05) is 18.9 Å². The molecule has 2 aromatic carbocycles. The molecule has 1 aliphatic heterocycles. The zero-order valence-electron chi connectivity index (χ0n) is 14.3. The first kappa shape index (κ1) is 17.9. The van der Waals surface area contributed by atoms with Gasteiger partial charge < -0.3 is 9.30 Å². The molecule has 138 valence electrons. The highest BCUT2D eigenvalue weighted by Crippen LogP contribution is 2.27. The quantitative estimate of drug-likeness (QED) is 0.608. The van der Waals surface area contributed by atoms with Crippen LogP contribution in [0.25, 0.3) is 11.0 Å². The summed E-state index contributed by atoms with van der Waals surface area (Å²) in [5, 5.41) is 1.33. The van der Waals surface area contributed by atoms with Crippen LogP contribution in [0.3, 0.4) is 0 Å². The molecule has 0 atom stereocenters. The summed E-state index contributed by atoms with van der Waals surface area (Å²) >= 11 is 7.48. The second kappa shape index (κ2) is 7.62. The summed E-state index contributed by atoms with van der Waals surface area (Å²) in [5.41, 5.74) is 2.83.